The quantitative estimate of drug-likeness (QED) is 0.756. The van der Waals surface area contributed by atoms with E-state index in [-0.39, 0.29) is 12.6 Å². The summed E-state index contributed by atoms with van der Waals surface area (Å²) in [4.78, 5) is 8.07. The van der Waals surface area contributed by atoms with Crippen LogP contribution < -0.4 is 10.6 Å². The van der Waals surface area contributed by atoms with Crippen LogP contribution in [0.1, 0.15) is 6.92 Å². The fourth-order valence-electron chi connectivity index (χ4n) is 0.924. The number of rotatable bonds is 4. The van der Waals surface area contributed by atoms with Gasteiger partial charge in [0, 0.05) is 13.1 Å². The molecular weight excluding hydrogens is 248 g/mol. The molecule has 5 nitrogen and oxygen atoms in total. The molecule has 0 fully saturated rings. The molecule has 3 N–H and O–H groups in total. The van der Waals surface area contributed by atoms with Gasteiger partial charge < -0.3 is 15.7 Å². The van der Waals surface area contributed by atoms with Gasteiger partial charge in [-0.25, -0.2) is 9.97 Å². The minimum Gasteiger partial charge on any atom is -0.394 e. The topological polar surface area (TPSA) is 70.1 Å². The molecule has 1 aromatic rings. The predicted molar refractivity (Wildman–Crippen MR) is 59.4 cm³/mol. The number of aliphatic hydroxyl groups is 1. The lowest BCUT2D eigenvalue weighted by Gasteiger charge is -2.13. The van der Waals surface area contributed by atoms with Crippen LogP contribution in [0.3, 0.4) is 0 Å². The van der Waals surface area contributed by atoms with Crippen molar-refractivity contribution in [3.05, 3.63) is 10.8 Å². The minimum atomic E-state index is -0.0362. The highest BCUT2D eigenvalue weighted by molar-refractivity contribution is 9.10. The Bertz CT molecular complexity index is 307. The van der Waals surface area contributed by atoms with Gasteiger partial charge in [0.25, 0.3) is 0 Å². The molecule has 1 unspecified atom stereocenters. The third-order valence-corrected chi connectivity index (χ3v) is 2.43. The number of nitrogens with one attached hydrogen (secondary N) is 2. The summed E-state index contributed by atoms with van der Waals surface area (Å²) in [5.41, 5.74) is 0. The number of anilines is 2. The molecule has 0 aromatic carbocycles. The molecule has 1 atom stereocenters. The van der Waals surface area contributed by atoms with Gasteiger partial charge in [-0.3, -0.25) is 0 Å². The third-order valence-electron chi connectivity index (χ3n) is 1.68. The van der Waals surface area contributed by atoms with Gasteiger partial charge in [-0.15, -0.1) is 0 Å². The van der Waals surface area contributed by atoms with E-state index in [9.17, 15) is 0 Å². The van der Waals surface area contributed by atoms with Gasteiger partial charge in [-0.05, 0) is 22.9 Å². The van der Waals surface area contributed by atoms with Gasteiger partial charge in [-0.1, -0.05) is 0 Å². The van der Waals surface area contributed by atoms with Gasteiger partial charge in [0.05, 0.1) is 6.61 Å². The molecule has 0 spiro atoms. The van der Waals surface area contributed by atoms with Crippen LogP contribution in [-0.4, -0.2) is 34.8 Å². The summed E-state index contributed by atoms with van der Waals surface area (Å²) in [6, 6.07) is -0.0362. The second-order valence-corrected chi connectivity index (χ2v) is 3.66. The van der Waals surface area contributed by atoms with Crippen LogP contribution in [0.4, 0.5) is 11.6 Å². The molecular formula is C8H13BrN4O. The number of halogens is 1. The van der Waals surface area contributed by atoms with Crippen molar-refractivity contribution in [1.29, 1.82) is 0 Å². The van der Waals surface area contributed by atoms with E-state index in [0.717, 1.165) is 4.47 Å². The Hall–Kier alpha value is -0.880. The predicted octanol–water partition coefficient (Wildman–Crippen LogP) is 1.07. The zero-order valence-corrected chi connectivity index (χ0v) is 9.67. The summed E-state index contributed by atoms with van der Waals surface area (Å²) in [6.07, 6.45) is 1.46. The maximum absolute atomic E-state index is 8.88. The Morgan fingerprint density at radius 2 is 2.14 bits per heavy atom. The van der Waals surface area contributed by atoms with Crippen LogP contribution in [0.25, 0.3) is 0 Å². The molecule has 1 rings (SSSR count). The Morgan fingerprint density at radius 1 is 1.50 bits per heavy atom. The monoisotopic (exact) mass is 260 g/mol. The number of aromatic nitrogens is 2. The first kappa shape index (κ1) is 11.2. The molecule has 0 aliphatic heterocycles. The number of hydrogen-bond donors (Lipinski definition) is 3. The van der Waals surface area contributed by atoms with Gasteiger partial charge in [0.1, 0.15) is 22.4 Å². The SMILES string of the molecule is CNc1ncnc(NC(C)CO)c1Br. The highest BCUT2D eigenvalue weighted by atomic mass is 79.9. The lowest BCUT2D eigenvalue weighted by molar-refractivity contribution is 0.281. The first-order chi connectivity index (χ1) is 6.69. The number of nitrogens with zero attached hydrogens (tertiary/aromatic N) is 2. The first-order valence-corrected chi connectivity index (χ1v) is 5.04. The Morgan fingerprint density at radius 3 is 2.71 bits per heavy atom. The van der Waals surface area contributed by atoms with Gasteiger partial charge in [0.15, 0.2) is 0 Å². The lowest BCUT2D eigenvalue weighted by Crippen LogP contribution is -2.20. The molecule has 14 heavy (non-hydrogen) atoms. The molecule has 78 valence electrons. The van der Waals surface area contributed by atoms with E-state index in [4.69, 9.17) is 5.11 Å². The second-order valence-electron chi connectivity index (χ2n) is 2.86. The van der Waals surface area contributed by atoms with E-state index < -0.39 is 0 Å². The summed E-state index contributed by atoms with van der Waals surface area (Å²) >= 11 is 3.37. The van der Waals surface area contributed by atoms with Crippen molar-refractivity contribution in [2.24, 2.45) is 0 Å². The van der Waals surface area contributed by atoms with Crippen LogP contribution in [-0.2, 0) is 0 Å². The fourth-order valence-corrected chi connectivity index (χ4v) is 1.44. The van der Waals surface area contributed by atoms with Crippen LogP contribution in [0.2, 0.25) is 0 Å². The largest absolute Gasteiger partial charge is 0.394 e. The molecule has 0 bridgehead atoms. The zero-order valence-electron chi connectivity index (χ0n) is 8.08. The summed E-state index contributed by atoms with van der Waals surface area (Å²) in [5.74, 6) is 1.39. The third kappa shape index (κ3) is 2.55. The molecule has 6 heteroatoms. The molecule has 1 aromatic heterocycles. The van der Waals surface area contributed by atoms with Crippen molar-refractivity contribution in [3.63, 3.8) is 0 Å². The van der Waals surface area contributed by atoms with E-state index in [1.807, 2.05) is 6.92 Å². The van der Waals surface area contributed by atoms with Crippen LogP contribution in [0.5, 0.6) is 0 Å². The van der Waals surface area contributed by atoms with Crippen molar-refractivity contribution in [2.45, 2.75) is 13.0 Å². The molecule has 0 aliphatic carbocycles. The van der Waals surface area contributed by atoms with Crippen LogP contribution in [0.15, 0.2) is 10.8 Å². The van der Waals surface area contributed by atoms with E-state index in [1.54, 1.807) is 7.05 Å². The van der Waals surface area contributed by atoms with Gasteiger partial charge in [0.2, 0.25) is 0 Å². The lowest BCUT2D eigenvalue weighted by atomic mass is 10.3. The molecule has 1 heterocycles. The summed E-state index contributed by atoms with van der Waals surface area (Å²) in [5, 5.41) is 14.8. The van der Waals surface area contributed by atoms with Crippen molar-refractivity contribution in [3.8, 4) is 0 Å². The number of aliphatic hydroxyl groups excluding tert-OH is 1. The Labute approximate surface area is 91.1 Å². The standard InChI is InChI=1S/C8H13BrN4O/c1-5(3-14)13-8-6(9)7(10-2)11-4-12-8/h4-5,14H,3H2,1-2H3,(H2,10,11,12,13). The smallest absolute Gasteiger partial charge is 0.146 e. The average molecular weight is 261 g/mol. The second kappa shape index (κ2) is 5.11. The van der Waals surface area contributed by atoms with Crippen molar-refractivity contribution in [2.75, 3.05) is 24.3 Å². The molecule has 0 amide bonds. The highest BCUT2D eigenvalue weighted by Crippen LogP contribution is 2.26. The first-order valence-electron chi connectivity index (χ1n) is 4.24. The molecule has 0 saturated carbocycles. The zero-order chi connectivity index (χ0) is 10.6. The van der Waals surface area contributed by atoms with Crippen LogP contribution in [0, 0.1) is 0 Å². The van der Waals surface area contributed by atoms with E-state index >= 15 is 0 Å². The summed E-state index contributed by atoms with van der Waals surface area (Å²) in [6.45, 7) is 1.93. The van der Waals surface area contributed by atoms with Gasteiger partial charge in [-0.2, -0.15) is 0 Å². The maximum atomic E-state index is 8.88. The normalized spacial score (nSPS) is 12.3. The number of hydrogen-bond acceptors (Lipinski definition) is 5. The highest BCUT2D eigenvalue weighted by Gasteiger charge is 2.08. The average Bonchev–Trinajstić information content (AvgIpc) is 2.21. The van der Waals surface area contributed by atoms with Crippen molar-refractivity contribution in [1.82, 2.24) is 9.97 Å². The fraction of sp³-hybridized carbons (Fsp3) is 0.500. The van der Waals surface area contributed by atoms with E-state index in [1.165, 1.54) is 6.33 Å². The molecule has 0 saturated heterocycles. The summed E-state index contributed by atoms with van der Waals surface area (Å²) in [7, 11) is 1.78. The van der Waals surface area contributed by atoms with Crippen molar-refractivity contribution < 1.29 is 5.11 Å². The van der Waals surface area contributed by atoms with E-state index in [2.05, 4.69) is 36.5 Å². The maximum Gasteiger partial charge on any atom is 0.146 e. The summed E-state index contributed by atoms with van der Waals surface area (Å²) < 4.78 is 0.766. The molecule has 0 radical (unpaired) electrons. The van der Waals surface area contributed by atoms with Gasteiger partial charge >= 0.3 is 0 Å². The Balaban J connectivity index is 2.86. The Kier molecular flexibility index (Phi) is 4.09. The minimum absolute atomic E-state index is 0.0362. The van der Waals surface area contributed by atoms with Crippen molar-refractivity contribution >= 4 is 27.6 Å². The van der Waals surface area contributed by atoms with Crippen LogP contribution >= 0.6 is 15.9 Å². The van der Waals surface area contributed by atoms with E-state index in [0.29, 0.717) is 11.6 Å². The molecule has 0 aliphatic rings.